The summed E-state index contributed by atoms with van der Waals surface area (Å²) in [6.45, 7) is 2.09. The Morgan fingerprint density at radius 1 is 1.15 bits per heavy atom. The fourth-order valence-electron chi connectivity index (χ4n) is 7.22. The Labute approximate surface area is 267 Å². The molecule has 5 heterocycles. The summed E-state index contributed by atoms with van der Waals surface area (Å²) in [5.41, 5.74) is 11.5. The van der Waals surface area contributed by atoms with Gasteiger partial charge in [-0.25, -0.2) is 8.78 Å². The van der Waals surface area contributed by atoms with Crippen LogP contribution in [-0.4, -0.2) is 51.3 Å². The van der Waals surface area contributed by atoms with Crippen LogP contribution in [0.25, 0.3) is 32.1 Å². The molecule has 0 saturated carbocycles. The predicted molar refractivity (Wildman–Crippen MR) is 172 cm³/mol. The van der Waals surface area contributed by atoms with Crippen LogP contribution in [0.4, 0.5) is 19.6 Å². The third-order valence-electron chi connectivity index (χ3n) is 9.62. The first-order valence-corrected chi connectivity index (χ1v) is 16.4. The van der Waals surface area contributed by atoms with Crippen molar-refractivity contribution >= 4 is 43.1 Å². The lowest BCUT2D eigenvalue weighted by molar-refractivity contribution is 0.135. The quantitative estimate of drug-likeness (QED) is 0.196. The van der Waals surface area contributed by atoms with E-state index in [1.165, 1.54) is 23.4 Å². The summed E-state index contributed by atoms with van der Waals surface area (Å²) in [4.78, 5) is 11.7. The van der Waals surface area contributed by atoms with Crippen LogP contribution in [0.5, 0.6) is 6.01 Å². The summed E-state index contributed by atoms with van der Waals surface area (Å²) in [6.07, 6.45) is 6.26. The topological polar surface area (TPSA) is 138 Å². The van der Waals surface area contributed by atoms with Crippen LogP contribution in [0.15, 0.2) is 12.1 Å². The highest BCUT2D eigenvalue weighted by atomic mass is 32.1. The zero-order valence-electron chi connectivity index (χ0n) is 25.3. The number of nitrogens with one attached hydrogen (secondary N) is 2. The third kappa shape index (κ3) is 4.66. The average molecular weight is 643 g/mol. The van der Waals surface area contributed by atoms with Gasteiger partial charge in [-0.15, -0.1) is 11.3 Å². The fraction of sp³-hybridized carbons (Fsp3) is 0.394. The molecule has 0 radical (unpaired) electrons. The summed E-state index contributed by atoms with van der Waals surface area (Å²) < 4.78 is 44.4. The van der Waals surface area contributed by atoms with Gasteiger partial charge in [0.25, 0.3) is 0 Å². The Bertz CT molecular complexity index is 2070. The Hall–Kier alpha value is -4.38. The number of nitrogen functional groups attached to an aromatic ring is 1. The maximum absolute atomic E-state index is 17.1. The predicted octanol–water partition coefficient (Wildman–Crippen LogP) is 5.96. The van der Waals surface area contributed by atoms with Gasteiger partial charge in [-0.2, -0.15) is 20.3 Å². The second-order valence-electron chi connectivity index (χ2n) is 12.2. The molecule has 1 atom stereocenters. The molecule has 236 valence electrons. The van der Waals surface area contributed by atoms with E-state index >= 15 is 4.39 Å². The van der Waals surface area contributed by atoms with E-state index in [2.05, 4.69) is 38.5 Å². The summed E-state index contributed by atoms with van der Waals surface area (Å²) in [6, 6.07) is 5.15. The number of aromatic nitrogens is 4. The molecule has 4 N–H and O–H groups in total. The first-order valence-electron chi connectivity index (χ1n) is 15.6. The van der Waals surface area contributed by atoms with Gasteiger partial charge in [0.15, 0.2) is 5.82 Å². The molecule has 0 spiro atoms. The zero-order chi connectivity index (χ0) is 31.5. The molecule has 3 aromatic heterocycles. The van der Waals surface area contributed by atoms with E-state index < -0.39 is 11.6 Å². The van der Waals surface area contributed by atoms with Gasteiger partial charge in [0.1, 0.15) is 34.8 Å². The summed E-state index contributed by atoms with van der Waals surface area (Å²) in [7, 11) is 2.06. The number of nitriles is 1. The number of rotatable bonds is 7. The molecule has 2 aromatic carbocycles. The van der Waals surface area contributed by atoms with Crippen LogP contribution >= 0.6 is 11.3 Å². The molecule has 0 amide bonds. The Kier molecular flexibility index (Phi) is 7.23. The normalized spacial score (nSPS) is 17.8. The Balaban J connectivity index is 1.30. The molecule has 0 bridgehead atoms. The van der Waals surface area contributed by atoms with Gasteiger partial charge < -0.3 is 25.4 Å². The molecule has 10 nitrogen and oxygen atoms in total. The van der Waals surface area contributed by atoms with Crippen molar-refractivity contribution in [3.8, 4) is 23.2 Å². The van der Waals surface area contributed by atoms with Crippen LogP contribution in [-0.2, 0) is 37.3 Å². The average Bonchev–Trinajstić information content (AvgIpc) is 3.86. The number of aromatic amines is 1. The van der Waals surface area contributed by atoms with Gasteiger partial charge in [0, 0.05) is 22.7 Å². The molecule has 5 aromatic rings. The highest BCUT2D eigenvalue weighted by Crippen LogP contribution is 2.47. The number of thiophene rings is 1. The SMILES string of the molecule is CN1CCCC1COc1nc(NCc2n[nH]c3c2CCCC3)c2c3c(c(-c4ccc(F)c5sc(N)c(C#N)c45)c(F)c2n1)COC3. The number of benzene rings is 2. The van der Waals surface area contributed by atoms with E-state index in [1.807, 2.05) is 0 Å². The second-order valence-corrected chi connectivity index (χ2v) is 13.3. The molecular weight excluding hydrogens is 610 g/mol. The van der Waals surface area contributed by atoms with Crippen molar-refractivity contribution in [1.82, 2.24) is 25.1 Å². The molecule has 2 aliphatic heterocycles. The lowest BCUT2D eigenvalue weighted by Gasteiger charge is -2.20. The number of anilines is 2. The monoisotopic (exact) mass is 642 g/mol. The van der Waals surface area contributed by atoms with Gasteiger partial charge in [-0.3, -0.25) is 5.10 Å². The van der Waals surface area contributed by atoms with E-state index in [0.29, 0.717) is 35.5 Å². The van der Waals surface area contributed by atoms with Crippen molar-refractivity contribution in [2.75, 3.05) is 31.2 Å². The van der Waals surface area contributed by atoms with E-state index in [-0.39, 0.29) is 57.0 Å². The summed E-state index contributed by atoms with van der Waals surface area (Å²) >= 11 is 0.979. The molecule has 1 fully saturated rings. The lowest BCUT2D eigenvalue weighted by atomic mass is 9.90. The van der Waals surface area contributed by atoms with Crippen molar-refractivity contribution in [1.29, 1.82) is 5.26 Å². The van der Waals surface area contributed by atoms with Gasteiger partial charge >= 0.3 is 6.01 Å². The van der Waals surface area contributed by atoms with Gasteiger partial charge in [0.05, 0.1) is 41.1 Å². The highest BCUT2D eigenvalue weighted by Gasteiger charge is 2.31. The molecule has 1 unspecified atom stereocenters. The number of aryl methyl sites for hydroxylation is 1. The van der Waals surface area contributed by atoms with Crippen LogP contribution < -0.4 is 15.8 Å². The fourth-order valence-corrected chi connectivity index (χ4v) is 8.17. The Morgan fingerprint density at radius 2 is 2.00 bits per heavy atom. The number of hydrogen-bond donors (Lipinski definition) is 3. The highest BCUT2D eigenvalue weighted by molar-refractivity contribution is 7.23. The van der Waals surface area contributed by atoms with Crippen molar-refractivity contribution in [2.24, 2.45) is 0 Å². The largest absolute Gasteiger partial charge is 0.462 e. The standard InChI is InChI=1S/C33H32F2N8O2S/c1-43-10-4-5-16(43)13-45-33-39-29-27(32(40-33)38-12-24-17-6-2-3-7-23(17)41-42-24)21-15-44-14-20(21)25(28(29)35)18-8-9-22(34)30-26(18)19(11-36)31(37)46-30/h8-9,16H,2-7,10,12-15,37H2,1H3,(H,41,42)(H,38,39,40). The van der Waals surface area contributed by atoms with Crippen molar-refractivity contribution < 1.29 is 18.3 Å². The molecule has 13 heteroatoms. The smallest absolute Gasteiger partial charge is 0.319 e. The van der Waals surface area contributed by atoms with Crippen molar-refractivity contribution in [3.05, 3.63) is 57.4 Å². The molecule has 1 aliphatic carbocycles. The number of likely N-dealkylation sites (tertiary alicyclic amines) is 1. The van der Waals surface area contributed by atoms with Crippen LogP contribution in [0.3, 0.4) is 0 Å². The molecule has 3 aliphatic rings. The maximum atomic E-state index is 17.1. The van der Waals surface area contributed by atoms with Gasteiger partial charge in [-0.05, 0) is 80.4 Å². The van der Waals surface area contributed by atoms with Crippen LogP contribution in [0, 0.1) is 23.0 Å². The Morgan fingerprint density at radius 3 is 2.83 bits per heavy atom. The minimum atomic E-state index is -0.619. The van der Waals surface area contributed by atoms with E-state index in [0.717, 1.165) is 67.7 Å². The third-order valence-corrected chi connectivity index (χ3v) is 10.6. The van der Waals surface area contributed by atoms with E-state index in [4.69, 9.17) is 20.2 Å². The van der Waals surface area contributed by atoms with Gasteiger partial charge in [0.2, 0.25) is 0 Å². The first-order chi connectivity index (χ1) is 22.4. The van der Waals surface area contributed by atoms with Crippen molar-refractivity contribution in [2.45, 2.75) is 64.3 Å². The minimum absolute atomic E-state index is 0.0600. The molecule has 46 heavy (non-hydrogen) atoms. The number of hydrogen-bond acceptors (Lipinski definition) is 10. The van der Waals surface area contributed by atoms with Crippen molar-refractivity contribution in [3.63, 3.8) is 0 Å². The molecule has 8 rings (SSSR count). The minimum Gasteiger partial charge on any atom is -0.462 e. The first kappa shape index (κ1) is 29.1. The number of fused-ring (bicyclic) bond motifs is 5. The number of nitrogens with two attached hydrogens (primary N) is 1. The summed E-state index contributed by atoms with van der Waals surface area (Å²) in [5, 5.41) is 22.1. The number of nitrogens with zero attached hydrogens (tertiary/aromatic N) is 5. The lowest BCUT2D eigenvalue weighted by Crippen LogP contribution is -2.31. The number of halogens is 2. The maximum Gasteiger partial charge on any atom is 0.319 e. The van der Waals surface area contributed by atoms with Crippen LogP contribution in [0.2, 0.25) is 0 Å². The zero-order valence-corrected chi connectivity index (χ0v) is 26.1. The van der Waals surface area contributed by atoms with E-state index in [9.17, 15) is 9.65 Å². The number of H-pyrrole nitrogens is 1. The van der Waals surface area contributed by atoms with Gasteiger partial charge in [-0.1, -0.05) is 6.07 Å². The van der Waals surface area contributed by atoms with E-state index in [1.54, 1.807) is 0 Å². The molecule has 1 saturated heterocycles. The second kappa shape index (κ2) is 11.5. The number of ether oxygens (including phenoxy) is 2. The van der Waals surface area contributed by atoms with Crippen LogP contribution in [0.1, 0.15) is 59.3 Å². The number of likely N-dealkylation sites (N-methyl/N-ethyl adjacent to an activating group) is 1. The summed E-state index contributed by atoms with van der Waals surface area (Å²) in [5.74, 6) is -0.708. The molecular formula is C33H32F2N8O2S.